The molecule has 0 aromatic carbocycles. The summed E-state index contributed by atoms with van der Waals surface area (Å²) in [6, 6.07) is 2.39. The molecule has 3 heterocycles. The third kappa shape index (κ3) is 3.92. The number of likely N-dealkylation sites (tertiary alicyclic amines) is 1. The third-order valence-electron chi connectivity index (χ3n) is 5.00. The Balaban J connectivity index is 1.78. The molecule has 0 saturated carbocycles. The van der Waals surface area contributed by atoms with Crippen molar-refractivity contribution in [2.45, 2.75) is 18.9 Å². The van der Waals surface area contributed by atoms with Crippen LogP contribution in [0.1, 0.15) is 24.4 Å². The Hall–Kier alpha value is -2.15. The molecule has 136 valence electrons. The van der Waals surface area contributed by atoms with Crippen molar-refractivity contribution in [3.05, 3.63) is 30.2 Å². The monoisotopic (exact) mass is 343 g/mol. The smallest absolute Gasteiger partial charge is 0.226 e. The molecule has 0 spiro atoms. The highest BCUT2D eigenvalue weighted by atomic mass is 15.3. The first kappa shape index (κ1) is 17.7. The minimum atomic E-state index is 0.403. The van der Waals surface area contributed by atoms with E-state index in [0.717, 1.165) is 24.9 Å². The zero-order valence-electron chi connectivity index (χ0n) is 15.9. The highest BCUT2D eigenvalue weighted by Crippen LogP contribution is 2.35. The van der Waals surface area contributed by atoms with Gasteiger partial charge in [0, 0.05) is 58.7 Å². The summed E-state index contributed by atoms with van der Waals surface area (Å²) in [5, 5.41) is 4.38. The Morgan fingerprint density at radius 1 is 1.24 bits per heavy atom. The summed E-state index contributed by atoms with van der Waals surface area (Å²) in [6.07, 6.45) is 8.45. The third-order valence-corrected chi connectivity index (χ3v) is 5.00. The van der Waals surface area contributed by atoms with Crippen LogP contribution in [0.2, 0.25) is 0 Å². The minimum Gasteiger partial charge on any atom is -0.359 e. The van der Waals surface area contributed by atoms with Crippen molar-refractivity contribution in [3.63, 3.8) is 0 Å². The lowest BCUT2D eigenvalue weighted by atomic mass is 9.86. The number of hydrogen-bond acceptors (Lipinski definition) is 6. The van der Waals surface area contributed by atoms with Crippen molar-refractivity contribution in [2.75, 3.05) is 51.1 Å². The normalized spacial score (nSPS) is 21.3. The van der Waals surface area contributed by atoms with Gasteiger partial charge in [0.25, 0.3) is 0 Å². The van der Waals surface area contributed by atoms with Crippen LogP contribution >= 0.6 is 0 Å². The maximum atomic E-state index is 4.67. The highest BCUT2D eigenvalue weighted by Gasteiger charge is 2.32. The molecular weight excluding hydrogens is 314 g/mol. The number of piperidine rings is 1. The van der Waals surface area contributed by atoms with Crippen LogP contribution in [-0.2, 0) is 7.05 Å². The topological polar surface area (TPSA) is 53.3 Å². The fourth-order valence-corrected chi connectivity index (χ4v) is 3.78. The van der Waals surface area contributed by atoms with Crippen LogP contribution in [0.15, 0.2) is 24.7 Å². The molecule has 1 saturated heterocycles. The SMILES string of the molecule is CN(C)c1nccc(N(C)C[C@@H]2CCCN(C)[C@H]2c2cnn(C)c2)n1. The van der Waals surface area contributed by atoms with Gasteiger partial charge < -0.3 is 9.80 Å². The average molecular weight is 343 g/mol. The molecular formula is C18H29N7. The van der Waals surface area contributed by atoms with Gasteiger partial charge in [0.15, 0.2) is 0 Å². The van der Waals surface area contributed by atoms with Gasteiger partial charge in [-0.15, -0.1) is 0 Å². The predicted octanol–water partition coefficient (Wildman–Crippen LogP) is 1.80. The summed E-state index contributed by atoms with van der Waals surface area (Å²) in [5.74, 6) is 2.26. The van der Waals surface area contributed by atoms with Gasteiger partial charge in [-0.25, -0.2) is 4.98 Å². The van der Waals surface area contributed by atoms with Crippen molar-refractivity contribution in [1.82, 2.24) is 24.6 Å². The molecule has 0 amide bonds. The van der Waals surface area contributed by atoms with Gasteiger partial charge in [0.05, 0.1) is 6.20 Å². The molecule has 0 radical (unpaired) electrons. The van der Waals surface area contributed by atoms with E-state index in [4.69, 9.17) is 0 Å². The number of hydrogen-bond donors (Lipinski definition) is 0. The maximum Gasteiger partial charge on any atom is 0.226 e. The van der Waals surface area contributed by atoms with E-state index in [1.54, 1.807) is 0 Å². The number of anilines is 2. The standard InChI is InChI=1S/C18H29N7/c1-22(2)18-19-9-8-16(21-18)24(4)12-14-7-6-10-23(3)17(14)15-11-20-25(5)13-15/h8-9,11,13-14,17H,6-7,10,12H2,1-5H3/t14-,17+/m0/s1. The van der Waals surface area contributed by atoms with Gasteiger partial charge >= 0.3 is 0 Å². The van der Waals surface area contributed by atoms with E-state index in [-0.39, 0.29) is 0 Å². The molecule has 1 aliphatic rings. The van der Waals surface area contributed by atoms with Crippen LogP contribution in [0, 0.1) is 5.92 Å². The van der Waals surface area contributed by atoms with Crippen LogP contribution in [0.5, 0.6) is 0 Å². The Kier molecular flexibility index (Phi) is 5.22. The second kappa shape index (κ2) is 7.39. The molecule has 3 rings (SSSR count). The number of aromatic nitrogens is 4. The van der Waals surface area contributed by atoms with Gasteiger partial charge in [-0.2, -0.15) is 10.1 Å². The van der Waals surface area contributed by atoms with Crippen LogP contribution in [0.25, 0.3) is 0 Å². The first-order valence-electron chi connectivity index (χ1n) is 8.86. The quantitative estimate of drug-likeness (QED) is 0.825. The average Bonchev–Trinajstić information content (AvgIpc) is 3.01. The molecule has 1 aliphatic heterocycles. The lowest BCUT2D eigenvalue weighted by Crippen LogP contribution is -2.41. The molecule has 0 bridgehead atoms. The van der Waals surface area contributed by atoms with Gasteiger partial charge in [-0.3, -0.25) is 9.58 Å². The van der Waals surface area contributed by atoms with Crippen LogP contribution in [0.3, 0.4) is 0 Å². The summed E-state index contributed by atoms with van der Waals surface area (Å²) in [7, 11) is 10.3. The fraction of sp³-hybridized carbons (Fsp3) is 0.611. The Bertz CT molecular complexity index is 696. The number of rotatable bonds is 5. The minimum absolute atomic E-state index is 0.403. The first-order chi connectivity index (χ1) is 12.0. The second-order valence-electron chi connectivity index (χ2n) is 7.26. The first-order valence-corrected chi connectivity index (χ1v) is 8.86. The second-order valence-corrected chi connectivity index (χ2v) is 7.26. The molecule has 7 heteroatoms. The van der Waals surface area contributed by atoms with E-state index in [1.165, 1.54) is 18.4 Å². The van der Waals surface area contributed by atoms with Gasteiger partial charge in [0.1, 0.15) is 5.82 Å². The summed E-state index contributed by atoms with van der Waals surface area (Å²) in [4.78, 5) is 15.6. The number of nitrogens with zero attached hydrogens (tertiary/aromatic N) is 7. The molecule has 0 unspecified atom stereocenters. The van der Waals surface area contributed by atoms with Crippen LogP contribution < -0.4 is 9.80 Å². The van der Waals surface area contributed by atoms with E-state index < -0.39 is 0 Å². The zero-order chi connectivity index (χ0) is 18.0. The molecule has 2 atom stereocenters. The van der Waals surface area contributed by atoms with E-state index in [2.05, 4.69) is 45.2 Å². The summed E-state index contributed by atoms with van der Waals surface area (Å²) in [5.41, 5.74) is 1.31. The van der Waals surface area contributed by atoms with Gasteiger partial charge in [0.2, 0.25) is 5.95 Å². The van der Waals surface area contributed by atoms with E-state index in [9.17, 15) is 0 Å². The van der Waals surface area contributed by atoms with Crippen LogP contribution in [0.4, 0.5) is 11.8 Å². The molecule has 0 N–H and O–H groups in total. The molecule has 1 fully saturated rings. The maximum absolute atomic E-state index is 4.67. The predicted molar refractivity (Wildman–Crippen MR) is 101 cm³/mol. The van der Waals surface area contributed by atoms with Gasteiger partial charge in [-0.1, -0.05) is 0 Å². The Morgan fingerprint density at radius 2 is 2.04 bits per heavy atom. The van der Waals surface area contributed by atoms with Crippen molar-refractivity contribution < 1.29 is 0 Å². The Morgan fingerprint density at radius 3 is 2.72 bits per heavy atom. The van der Waals surface area contributed by atoms with Crippen molar-refractivity contribution in [1.29, 1.82) is 0 Å². The number of aryl methyl sites for hydroxylation is 1. The largest absolute Gasteiger partial charge is 0.359 e. The Labute approximate surface area is 150 Å². The van der Waals surface area contributed by atoms with E-state index in [0.29, 0.717) is 12.0 Å². The summed E-state index contributed by atoms with van der Waals surface area (Å²) < 4.78 is 1.90. The molecule has 0 aliphatic carbocycles. The lowest BCUT2D eigenvalue weighted by molar-refractivity contribution is 0.124. The van der Waals surface area contributed by atoms with E-state index in [1.807, 2.05) is 49.2 Å². The molecule has 7 nitrogen and oxygen atoms in total. The van der Waals surface area contributed by atoms with Gasteiger partial charge in [-0.05, 0) is 38.4 Å². The molecule has 2 aromatic rings. The van der Waals surface area contributed by atoms with Crippen molar-refractivity contribution in [3.8, 4) is 0 Å². The summed E-state index contributed by atoms with van der Waals surface area (Å²) in [6.45, 7) is 2.10. The molecule has 2 aromatic heterocycles. The summed E-state index contributed by atoms with van der Waals surface area (Å²) >= 11 is 0. The highest BCUT2D eigenvalue weighted by molar-refractivity contribution is 5.42. The van der Waals surface area contributed by atoms with Crippen molar-refractivity contribution >= 4 is 11.8 Å². The fourth-order valence-electron chi connectivity index (χ4n) is 3.78. The zero-order valence-corrected chi connectivity index (χ0v) is 15.9. The van der Waals surface area contributed by atoms with E-state index >= 15 is 0 Å². The van der Waals surface area contributed by atoms with Crippen LogP contribution in [-0.4, -0.2) is 65.9 Å². The lowest BCUT2D eigenvalue weighted by Gasteiger charge is -2.40. The van der Waals surface area contributed by atoms with Crippen molar-refractivity contribution in [2.24, 2.45) is 13.0 Å². The molecule has 25 heavy (non-hydrogen) atoms.